The minimum Gasteiger partial charge on any atom is -0.475 e. The van der Waals surface area contributed by atoms with E-state index in [1.807, 2.05) is 0 Å². The van der Waals surface area contributed by atoms with Crippen LogP contribution in [-0.2, 0) is 9.47 Å². The first-order chi connectivity index (χ1) is 18.7. The van der Waals surface area contributed by atoms with Crippen LogP contribution in [0.1, 0.15) is 32.4 Å². The van der Waals surface area contributed by atoms with E-state index in [0.717, 1.165) is 0 Å². The molecule has 10 nitrogen and oxygen atoms in total. The summed E-state index contributed by atoms with van der Waals surface area (Å²) in [6.45, 7) is 1.96. The molecule has 1 aliphatic rings. The molecule has 4 aromatic heterocycles. The Hall–Kier alpha value is -4.54. The molecular formula is C28H24N4O6. The number of carbonyl (C=O) groups excluding carboxylic acids is 2. The van der Waals surface area contributed by atoms with Gasteiger partial charge in [0.25, 0.3) is 0 Å². The molecule has 1 aliphatic heterocycles. The number of pyridine rings is 4. The number of aromatic nitrogens is 4. The van der Waals surface area contributed by atoms with Gasteiger partial charge in [0.05, 0.1) is 37.8 Å². The van der Waals surface area contributed by atoms with Crippen LogP contribution in [0.3, 0.4) is 0 Å². The van der Waals surface area contributed by atoms with Gasteiger partial charge in [0.15, 0.2) is 0 Å². The van der Waals surface area contributed by atoms with Crippen molar-refractivity contribution in [3.05, 3.63) is 95.6 Å². The molecule has 8 bridgehead atoms. The van der Waals surface area contributed by atoms with Crippen molar-refractivity contribution in [2.45, 2.75) is 0 Å². The van der Waals surface area contributed by atoms with E-state index >= 15 is 0 Å². The molecular weight excluding hydrogens is 488 g/mol. The number of hydrogen-bond donors (Lipinski definition) is 0. The standard InChI is InChI=1S/C28H24N4O6/c33-27-21-7-1-5-19(29-21)20-6-2-8-22(30-20)28(34)24-10-4-12-26(32-24)38-18-16-36-14-13-35-15-17-37-25-11-3-9-23(27)31-25/h1-12H,13-18H2. The Morgan fingerprint density at radius 2 is 0.763 bits per heavy atom. The number of fused-ring (bicyclic) bond motifs is 9. The Morgan fingerprint density at radius 3 is 1.21 bits per heavy atom. The Labute approximate surface area is 218 Å². The Kier molecular flexibility index (Phi) is 8.02. The van der Waals surface area contributed by atoms with E-state index in [0.29, 0.717) is 49.6 Å². The van der Waals surface area contributed by atoms with Crippen molar-refractivity contribution in [1.29, 1.82) is 0 Å². The van der Waals surface area contributed by atoms with Crippen LogP contribution in [0.25, 0.3) is 11.4 Å². The zero-order chi connectivity index (χ0) is 26.2. The van der Waals surface area contributed by atoms with Crippen molar-refractivity contribution >= 4 is 11.6 Å². The summed E-state index contributed by atoms with van der Waals surface area (Å²) in [4.78, 5) is 43.9. The third-order valence-electron chi connectivity index (χ3n) is 5.47. The molecule has 0 fully saturated rings. The monoisotopic (exact) mass is 512 g/mol. The van der Waals surface area contributed by atoms with Gasteiger partial charge in [0, 0.05) is 12.1 Å². The van der Waals surface area contributed by atoms with Crippen molar-refractivity contribution < 1.29 is 28.5 Å². The fourth-order valence-corrected chi connectivity index (χ4v) is 3.65. The lowest BCUT2D eigenvalue weighted by atomic mass is 10.1. The maximum absolute atomic E-state index is 13.1. The number of rotatable bonds is 0. The van der Waals surface area contributed by atoms with E-state index in [2.05, 4.69) is 19.9 Å². The smallest absolute Gasteiger partial charge is 0.229 e. The van der Waals surface area contributed by atoms with Gasteiger partial charge in [-0.2, -0.15) is 0 Å². The minimum absolute atomic E-state index is 0.190. The van der Waals surface area contributed by atoms with Gasteiger partial charge >= 0.3 is 0 Å². The summed E-state index contributed by atoms with van der Waals surface area (Å²) in [5.74, 6) is -0.117. The fourth-order valence-electron chi connectivity index (χ4n) is 3.65. The second-order valence-corrected chi connectivity index (χ2v) is 8.12. The largest absolute Gasteiger partial charge is 0.475 e. The third-order valence-corrected chi connectivity index (χ3v) is 5.47. The van der Waals surface area contributed by atoms with E-state index < -0.39 is 0 Å². The normalized spacial score (nSPS) is 15.1. The first-order valence-electron chi connectivity index (χ1n) is 12.1. The lowest BCUT2D eigenvalue weighted by Gasteiger charge is -2.10. The lowest BCUT2D eigenvalue weighted by Crippen LogP contribution is -2.15. The van der Waals surface area contributed by atoms with Crippen LogP contribution in [0, 0.1) is 0 Å². The Morgan fingerprint density at radius 1 is 0.421 bits per heavy atom. The maximum Gasteiger partial charge on any atom is 0.229 e. The molecule has 0 saturated heterocycles. The summed E-state index contributed by atoms with van der Waals surface area (Å²) in [7, 11) is 0. The van der Waals surface area contributed by atoms with E-state index in [-0.39, 0.29) is 47.6 Å². The van der Waals surface area contributed by atoms with E-state index in [9.17, 15) is 9.59 Å². The summed E-state index contributed by atoms with van der Waals surface area (Å²) in [5, 5.41) is 0. The average Bonchev–Trinajstić information content (AvgIpc) is 2.97. The van der Waals surface area contributed by atoms with Crippen LogP contribution in [0.4, 0.5) is 0 Å². The van der Waals surface area contributed by atoms with Crippen LogP contribution < -0.4 is 9.47 Å². The summed E-state index contributed by atoms with van der Waals surface area (Å²) in [6.07, 6.45) is 0. The third kappa shape index (κ3) is 6.23. The quantitative estimate of drug-likeness (QED) is 0.347. The zero-order valence-corrected chi connectivity index (χ0v) is 20.4. The topological polar surface area (TPSA) is 123 Å². The highest BCUT2D eigenvalue weighted by Gasteiger charge is 2.17. The lowest BCUT2D eigenvalue weighted by molar-refractivity contribution is 0.0265. The van der Waals surface area contributed by atoms with Crippen LogP contribution in [-0.4, -0.2) is 71.1 Å². The number of ether oxygens (including phenoxy) is 4. The fraction of sp³-hybridized carbons (Fsp3) is 0.214. The second-order valence-electron chi connectivity index (χ2n) is 8.12. The molecule has 10 heteroatoms. The summed E-state index contributed by atoms with van der Waals surface area (Å²) in [6, 6.07) is 20.0. The molecule has 5 rings (SSSR count). The van der Waals surface area contributed by atoms with E-state index in [1.54, 1.807) is 72.8 Å². The van der Waals surface area contributed by atoms with Crippen LogP contribution in [0.2, 0.25) is 0 Å². The summed E-state index contributed by atoms with van der Waals surface area (Å²) < 4.78 is 22.3. The van der Waals surface area contributed by atoms with Gasteiger partial charge in [-0.25, -0.2) is 19.9 Å². The molecule has 0 aromatic carbocycles. The van der Waals surface area contributed by atoms with Crippen molar-refractivity contribution in [1.82, 2.24) is 19.9 Å². The van der Waals surface area contributed by atoms with Gasteiger partial charge in [0.2, 0.25) is 23.3 Å². The van der Waals surface area contributed by atoms with Crippen LogP contribution >= 0.6 is 0 Å². The van der Waals surface area contributed by atoms with Crippen molar-refractivity contribution in [2.75, 3.05) is 39.6 Å². The number of nitrogens with zero attached hydrogens (tertiary/aromatic N) is 4. The first kappa shape index (κ1) is 25.1. The molecule has 0 atom stereocenters. The van der Waals surface area contributed by atoms with Gasteiger partial charge in [0.1, 0.15) is 36.0 Å². The highest BCUT2D eigenvalue weighted by atomic mass is 16.6. The molecule has 0 amide bonds. The Bertz CT molecular complexity index is 1340. The highest BCUT2D eigenvalue weighted by Crippen LogP contribution is 2.19. The minimum atomic E-state index is -0.367. The summed E-state index contributed by atoms with van der Waals surface area (Å²) >= 11 is 0. The predicted molar refractivity (Wildman–Crippen MR) is 135 cm³/mol. The van der Waals surface area contributed by atoms with E-state index in [1.165, 1.54) is 0 Å². The van der Waals surface area contributed by atoms with Gasteiger partial charge in [-0.05, 0) is 36.4 Å². The molecule has 0 saturated carbocycles. The first-order valence-corrected chi connectivity index (χ1v) is 12.1. The number of ketones is 2. The van der Waals surface area contributed by atoms with Gasteiger partial charge < -0.3 is 18.9 Å². The molecule has 0 unspecified atom stereocenters. The molecule has 0 spiro atoms. The van der Waals surface area contributed by atoms with E-state index in [4.69, 9.17) is 18.9 Å². The van der Waals surface area contributed by atoms with Crippen molar-refractivity contribution in [2.24, 2.45) is 0 Å². The van der Waals surface area contributed by atoms with Gasteiger partial charge in [-0.15, -0.1) is 0 Å². The zero-order valence-electron chi connectivity index (χ0n) is 20.4. The molecule has 38 heavy (non-hydrogen) atoms. The molecule has 0 radical (unpaired) electrons. The molecule has 4 aromatic rings. The van der Waals surface area contributed by atoms with Gasteiger partial charge in [-0.1, -0.05) is 24.3 Å². The molecule has 5 heterocycles. The van der Waals surface area contributed by atoms with Crippen molar-refractivity contribution in [3.8, 4) is 23.1 Å². The number of carbonyl (C=O) groups is 2. The number of hydrogen-bond acceptors (Lipinski definition) is 10. The molecule has 0 N–H and O–H groups in total. The summed E-state index contributed by atoms with van der Waals surface area (Å²) in [5.41, 5.74) is 1.65. The van der Waals surface area contributed by atoms with Crippen LogP contribution in [0.15, 0.2) is 72.8 Å². The Balaban J connectivity index is 1.45. The molecule has 192 valence electrons. The van der Waals surface area contributed by atoms with Crippen LogP contribution in [0.5, 0.6) is 11.8 Å². The predicted octanol–water partition coefficient (Wildman–Crippen LogP) is 3.20. The SMILES string of the molecule is O=C1c2cccc(n2)OCCOCCOCCOc2cccc(n2)C(=O)c2cccc(n2)-c2cccc1n2. The maximum atomic E-state index is 13.1. The second kappa shape index (κ2) is 12.1. The molecule has 0 aliphatic carbocycles. The average molecular weight is 513 g/mol. The van der Waals surface area contributed by atoms with Crippen molar-refractivity contribution in [3.63, 3.8) is 0 Å². The van der Waals surface area contributed by atoms with Gasteiger partial charge in [-0.3, -0.25) is 9.59 Å². The highest BCUT2D eigenvalue weighted by molar-refractivity contribution is 6.07.